The highest BCUT2D eigenvalue weighted by atomic mass is 35.5. The number of carbonyl (C=O) groups is 4. The molecule has 0 bridgehead atoms. The minimum Gasteiger partial charge on any atom is -0.478 e. The average Bonchev–Trinajstić information content (AvgIpc) is 3.34. The fourth-order valence-corrected chi connectivity index (χ4v) is 4.26. The number of benzene rings is 1. The SMILES string of the molecule is O=C(O)c1ccc(Cl)c(-c2ccc(C=C3SC(=O)N(CC(=O)N4CCOCC4)C3=O)o2)c1. The summed E-state index contributed by atoms with van der Waals surface area (Å²) in [5, 5.41) is 8.94. The van der Waals surface area contributed by atoms with Crippen molar-refractivity contribution in [1.29, 1.82) is 0 Å². The summed E-state index contributed by atoms with van der Waals surface area (Å²) in [6.45, 7) is 1.36. The predicted octanol–water partition coefficient (Wildman–Crippen LogP) is 3.19. The molecule has 11 heteroatoms. The van der Waals surface area contributed by atoms with Crippen molar-refractivity contribution in [2.24, 2.45) is 0 Å². The van der Waals surface area contributed by atoms with Crippen molar-refractivity contribution in [3.63, 3.8) is 0 Å². The molecule has 1 aromatic carbocycles. The van der Waals surface area contributed by atoms with E-state index in [0.29, 0.717) is 42.6 Å². The third-order valence-electron chi connectivity index (χ3n) is 4.91. The zero-order valence-electron chi connectivity index (χ0n) is 16.6. The summed E-state index contributed by atoms with van der Waals surface area (Å²) >= 11 is 6.89. The fourth-order valence-electron chi connectivity index (χ4n) is 3.24. The molecule has 2 fully saturated rings. The van der Waals surface area contributed by atoms with Crippen molar-refractivity contribution >= 4 is 52.5 Å². The lowest BCUT2D eigenvalue weighted by Crippen LogP contribution is -2.46. The van der Waals surface area contributed by atoms with Crippen LogP contribution in [-0.2, 0) is 14.3 Å². The number of carboxylic acid groups (broad SMARTS) is 1. The maximum absolute atomic E-state index is 12.7. The zero-order valence-corrected chi connectivity index (χ0v) is 18.1. The summed E-state index contributed by atoms with van der Waals surface area (Å²) in [5.41, 5.74) is 0.434. The number of hydrogen-bond acceptors (Lipinski definition) is 7. The molecule has 0 spiro atoms. The molecule has 2 aliphatic rings. The third kappa shape index (κ3) is 4.57. The van der Waals surface area contributed by atoms with Gasteiger partial charge >= 0.3 is 5.97 Å². The Kier molecular flexibility index (Phi) is 6.35. The van der Waals surface area contributed by atoms with E-state index in [-0.39, 0.29) is 28.7 Å². The quantitative estimate of drug-likeness (QED) is 0.654. The number of nitrogens with zero attached hydrogens (tertiary/aromatic N) is 2. The molecular formula is C21H17ClN2O7S. The van der Waals surface area contributed by atoms with E-state index < -0.39 is 17.1 Å². The number of thioether (sulfide) groups is 1. The van der Waals surface area contributed by atoms with Crippen LogP contribution in [0.4, 0.5) is 4.79 Å². The van der Waals surface area contributed by atoms with Crippen LogP contribution in [0.5, 0.6) is 0 Å². The predicted molar refractivity (Wildman–Crippen MR) is 116 cm³/mol. The summed E-state index contributed by atoms with van der Waals surface area (Å²) in [7, 11) is 0. The van der Waals surface area contributed by atoms with Crippen molar-refractivity contribution in [2.45, 2.75) is 0 Å². The summed E-state index contributed by atoms with van der Waals surface area (Å²) in [6.07, 6.45) is 1.41. The van der Waals surface area contributed by atoms with E-state index in [9.17, 15) is 24.3 Å². The van der Waals surface area contributed by atoms with Gasteiger partial charge in [-0.2, -0.15) is 0 Å². The first-order chi connectivity index (χ1) is 15.3. The average molecular weight is 477 g/mol. The van der Waals surface area contributed by atoms with Crippen molar-refractivity contribution in [2.75, 3.05) is 32.8 Å². The van der Waals surface area contributed by atoms with Crippen LogP contribution in [0.25, 0.3) is 17.4 Å². The molecule has 2 aliphatic heterocycles. The van der Waals surface area contributed by atoms with E-state index in [1.165, 1.54) is 24.3 Å². The molecule has 2 saturated heterocycles. The minimum atomic E-state index is -1.10. The number of carboxylic acids is 1. The molecule has 0 radical (unpaired) electrons. The first-order valence-corrected chi connectivity index (χ1v) is 10.8. The van der Waals surface area contributed by atoms with Gasteiger partial charge in [-0.1, -0.05) is 11.6 Å². The maximum atomic E-state index is 12.7. The van der Waals surface area contributed by atoms with E-state index in [1.807, 2.05) is 0 Å². The van der Waals surface area contributed by atoms with Crippen LogP contribution in [0.1, 0.15) is 16.1 Å². The van der Waals surface area contributed by atoms with Crippen LogP contribution in [0.2, 0.25) is 5.02 Å². The first-order valence-electron chi connectivity index (χ1n) is 9.57. The van der Waals surface area contributed by atoms with E-state index in [1.54, 1.807) is 17.0 Å². The van der Waals surface area contributed by atoms with Gasteiger partial charge in [-0.05, 0) is 42.1 Å². The Balaban J connectivity index is 1.50. The Hall–Kier alpha value is -3.08. The molecular weight excluding hydrogens is 460 g/mol. The Labute approximate surface area is 191 Å². The van der Waals surface area contributed by atoms with Gasteiger partial charge < -0.3 is 19.2 Å². The van der Waals surface area contributed by atoms with Crippen molar-refractivity contribution < 1.29 is 33.4 Å². The monoisotopic (exact) mass is 476 g/mol. The molecule has 0 aliphatic carbocycles. The highest BCUT2D eigenvalue weighted by molar-refractivity contribution is 8.18. The number of rotatable bonds is 5. The van der Waals surface area contributed by atoms with Crippen LogP contribution in [-0.4, -0.2) is 70.8 Å². The number of hydrogen-bond donors (Lipinski definition) is 1. The highest BCUT2D eigenvalue weighted by Crippen LogP contribution is 2.35. The molecule has 3 amide bonds. The summed E-state index contributed by atoms with van der Waals surface area (Å²) in [5.74, 6) is -1.40. The van der Waals surface area contributed by atoms with Gasteiger partial charge in [-0.25, -0.2) is 4.79 Å². The minimum absolute atomic E-state index is 0.0494. The van der Waals surface area contributed by atoms with Gasteiger partial charge in [0.25, 0.3) is 11.1 Å². The zero-order chi connectivity index (χ0) is 22.8. The molecule has 166 valence electrons. The lowest BCUT2D eigenvalue weighted by Gasteiger charge is -2.27. The lowest BCUT2D eigenvalue weighted by molar-refractivity contribution is -0.139. The number of aromatic carboxylic acids is 1. The third-order valence-corrected chi connectivity index (χ3v) is 6.15. The van der Waals surface area contributed by atoms with Gasteiger partial charge in [0, 0.05) is 24.7 Å². The van der Waals surface area contributed by atoms with Crippen LogP contribution in [0.15, 0.2) is 39.7 Å². The Morgan fingerprint density at radius 3 is 2.62 bits per heavy atom. The molecule has 0 atom stereocenters. The van der Waals surface area contributed by atoms with E-state index in [4.69, 9.17) is 20.8 Å². The largest absolute Gasteiger partial charge is 0.478 e. The van der Waals surface area contributed by atoms with E-state index in [2.05, 4.69) is 0 Å². The van der Waals surface area contributed by atoms with Gasteiger partial charge in [0.05, 0.1) is 28.7 Å². The second kappa shape index (κ2) is 9.19. The smallest absolute Gasteiger partial charge is 0.335 e. The Morgan fingerprint density at radius 2 is 1.91 bits per heavy atom. The Bertz CT molecular complexity index is 1140. The normalized spacial score (nSPS) is 18.0. The molecule has 3 heterocycles. The molecule has 0 saturated carbocycles. The molecule has 1 aromatic heterocycles. The molecule has 4 rings (SSSR count). The summed E-state index contributed by atoms with van der Waals surface area (Å²) in [4.78, 5) is 51.2. The number of morpholine rings is 1. The van der Waals surface area contributed by atoms with Gasteiger partial charge in [-0.3, -0.25) is 19.3 Å². The number of amides is 3. The first kappa shape index (κ1) is 22.1. The van der Waals surface area contributed by atoms with Gasteiger partial charge in [0.1, 0.15) is 18.1 Å². The van der Waals surface area contributed by atoms with Crippen molar-refractivity contribution in [1.82, 2.24) is 9.80 Å². The van der Waals surface area contributed by atoms with Crippen LogP contribution >= 0.6 is 23.4 Å². The summed E-state index contributed by atoms with van der Waals surface area (Å²) < 4.78 is 10.9. The molecule has 32 heavy (non-hydrogen) atoms. The number of ether oxygens (including phenoxy) is 1. The second-order valence-corrected chi connectivity index (χ2v) is 8.36. The van der Waals surface area contributed by atoms with E-state index >= 15 is 0 Å². The Morgan fingerprint density at radius 1 is 1.16 bits per heavy atom. The number of halogens is 1. The second-order valence-electron chi connectivity index (χ2n) is 6.96. The van der Waals surface area contributed by atoms with Crippen LogP contribution in [0, 0.1) is 0 Å². The molecule has 0 unspecified atom stereocenters. The summed E-state index contributed by atoms with van der Waals surface area (Å²) in [6, 6.07) is 7.39. The van der Waals surface area contributed by atoms with Gasteiger partial charge in [0.15, 0.2) is 0 Å². The van der Waals surface area contributed by atoms with Crippen molar-refractivity contribution in [3.8, 4) is 11.3 Å². The lowest BCUT2D eigenvalue weighted by atomic mass is 10.1. The number of furan rings is 1. The number of carbonyl (C=O) groups excluding carboxylic acids is 3. The van der Waals surface area contributed by atoms with Gasteiger partial charge in [0.2, 0.25) is 5.91 Å². The van der Waals surface area contributed by atoms with E-state index in [0.717, 1.165) is 16.7 Å². The topological polar surface area (TPSA) is 117 Å². The van der Waals surface area contributed by atoms with Crippen molar-refractivity contribution in [3.05, 3.63) is 51.6 Å². The van der Waals surface area contributed by atoms with Crippen LogP contribution in [0.3, 0.4) is 0 Å². The maximum Gasteiger partial charge on any atom is 0.335 e. The number of imide groups is 1. The van der Waals surface area contributed by atoms with Gasteiger partial charge in [-0.15, -0.1) is 0 Å². The van der Waals surface area contributed by atoms with Crippen LogP contribution < -0.4 is 0 Å². The molecule has 1 N–H and O–H groups in total. The fraction of sp³-hybridized carbons (Fsp3) is 0.238. The highest BCUT2D eigenvalue weighted by Gasteiger charge is 2.37. The standard InChI is InChI=1S/C21H17ClN2O7S/c22-15-3-1-12(20(27)28)9-14(15)16-4-2-13(31-16)10-17-19(26)24(21(29)32-17)11-18(25)23-5-7-30-8-6-23/h1-4,9-10H,5-8,11H2,(H,27,28). The molecule has 9 nitrogen and oxygen atoms in total. The molecule has 2 aromatic rings.